The summed E-state index contributed by atoms with van der Waals surface area (Å²) >= 11 is 0. The monoisotopic (exact) mass is 827 g/mol. The lowest BCUT2D eigenvalue weighted by atomic mass is 9.63. The minimum atomic E-state index is -1.73. The van der Waals surface area contributed by atoms with Crippen LogP contribution in [0.25, 0.3) is 0 Å². The van der Waals surface area contributed by atoms with E-state index in [2.05, 4.69) is 32.9 Å². The van der Waals surface area contributed by atoms with Gasteiger partial charge in [-0.1, -0.05) is 217 Å². The minimum Gasteiger partial charge on any atom is -0.508 e. The molecule has 2 N–H and O–H groups in total. The number of hydrogen-bond acceptors (Lipinski definition) is 6. The van der Waals surface area contributed by atoms with Crippen LogP contribution in [-0.4, -0.2) is 27.9 Å². The Morgan fingerprint density at radius 2 is 0.783 bits per heavy atom. The standard InChI is InChI=1S/C54H82O6/c1-4-7-10-12-14-16-18-20-22-24-29-33-51(57)59-54(45-43-46-31-27-26-28-32-46,60-52(58)34-30-25-23-21-19-17-15-13-11-8-5-2)53(44-9-6-3,47-35-39-49(55)40-36-47)48-37-41-50(56)42-38-48/h26-28,31-32,35-42,55-56H,4-25,29-30,33-34,43-45H2,1-3H3. The smallest absolute Gasteiger partial charge is 0.309 e. The van der Waals surface area contributed by atoms with E-state index in [1.54, 1.807) is 24.3 Å². The summed E-state index contributed by atoms with van der Waals surface area (Å²) in [5.74, 6) is -2.24. The average Bonchev–Trinajstić information content (AvgIpc) is 3.25. The molecule has 0 aliphatic heterocycles. The summed E-state index contributed by atoms with van der Waals surface area (Å²) in [5.41, 5.74) is 1.44. The molecule has 0 saturated carbocycles. The van der Waals surface area contributed by atoms with Crippen molar-refractivity contribution in [2.45, 2.75) is 218 Å². The highest BCUT2D eigenvalue weighted by Crippen LogP contribution is 2.52. The van der Waals surface area contributed by atoms with Crippen molar-refractivity contribution in [2.75, 3.05) is 0 Å². The molecule has 3 aromatic rings. The molecule has 6 nitrogen and oxygen atoms in total. The predicted octanol–water partition coefficient (Wildman–Crippen LogP) is 15.4. The van der Waals surface area contributed by atoms with Gasteiger partial charge in [0.25, 0.3) is 5.79 Å². The molecule has 6 heteroatoms. The van der Waals surface area contributed by atoms with Gasteiger partial charge in [0.2, 0.25) is 0 Å². The third kappa shape index (κ3) is 18.0. The van der Waals surface area contributed by atoms with Crippen LogP contribution in [0.15, 0.2) is 78.9 Å². The highest BCUT2D eigenvalue weighted by Gasteiger charge is 2.59. The molecule has 334 valence electrons. The summed E-state index contributed by atoms with van der Waals surface area (Å²) < 4.78 is 13.7. The average molecular weight is 827 g/mol. The lowest BCUT2D eigenvalue weighted by molar-refractivity contribution is -0.254. The zero-order valence-corrected chi connectivity index (χ0v) is 38.0. The molecule has 60 heavy (non-hydrogen) atoms. The number of rotatable bonds is 35. The number of benzene rings is 3. The molecule has 3 aromatic carbocycles. The molecule has 0 saturated heterocycles. The molecule has 0 spiro atoms. The van der Waals surface area contributed by atoms with Gasteiger partial charge in [-0.25, -0.2) is 0 Å². The van der Waals surface area contributed by atoms with Crippen molar-refractivity contribution in [1.82, 2.24) is 0 Å². The maximum absolute atomic E-state index is 14.4. The highest BCUT2D eigenvalue weighted by atomic mass is 16.7. The Balaban J connectivity index is 1.93. The highest BCUT2D eigenvalue weighted by molar-refractivity contribution is 5.73. The maximum Gasteiger partial charge on any atom is 0.309 e. The summed E-state index contributed by atoms with van der Waals surface area (Å²) in [6.07, 6.45) is 29.2. The van der Waals surface area contributed by atoms with Crippen molar-refractivity contribution in [3.63, 3.8) is 0 Å². The quantitative estimate of drug-likeness (QED) is 0.0348. The van der Waals surface area contributed by atoms with Gasteiger partial charge in [0.1, 0.15) is 11.5 Å². The molecule has 0 amide bonds. The van der Waals surface area contributed by atoms with Gasteiger partial charge in [-0.3, -0.25) is 9.59 Å². The van der Waals surface area contributed by atoms with Crippen molar-refractivity contribution in [1.29, 1.82) is 0 Å². The zero-order valence-electron chi connectivity index (χ0n) is 38.0. The van der Waals surface area contributed by atoms with Gasteiger partial charge in [0.15, 0.2) is 0 Å². The number of aromatic hydroxyl groups is 2. The van der Waals surface area contributed by atoms with E-state index < -0.39 is 11.2 Å². The van der Waals surface area contributed by atoms with Crippen molar-refractivity contribution in [3.05, 3.63) is 95.6 Å². The number of esters is 2. The topological polar surface area (TPSA) is 93.1 Å². The minimum absolute atomic E-state index is 0.116. The first kappa shape index (κ1) is 50.6. The van der Waals surface area contributed by atoms with Gasteiger partial charge in [0, 0.05) is 19.3 Å². The molecule has 0 heterocycles. The van der Waals surface area contributed by atoms with Gasteiger partial charge in [-0.2, -0.15) is 0 Å². The molecule has 0 aromatic heterocycles. The molecule has 0 aliphatic rings. The lowest BCUT2D eigenvalue weighted by Gasteiger charge is -2.49. The fourth-order valence-electron chi connectivity index (χ4n) is 8.82. The van der Waals surface area contributed by atoms with Gasteiger partial charge < -0.3 is 19.7 Å². The van der Waals surface area contributed by atoms with Crippen LogP contribution in [0.4, 0.5) is 0 Å². The van der Waals surface area contributed by atoms with E-state index in [1.165, 1.54) is 103 Å². The Hall–Kier alpha value is -3.80. The summed E-state index contributed by atoms with van der Waals surface area (Å²) in [6.45, 7) is 6.63. The first-order valence-corrected chi connectivity index (χ1v) is 24.4. The number of phenols is 2. The fraction of sp³-hybridized carbons (Fsp3) is 0.630. The van der Waals surface area contributed by atoms with Crippen LogP contribution in [0.5, 0.6) is 11.5 Å². The Morgan fingerprint density at radius 3 is 1.15 bits per heavy atom. The summed E-state index contributed by atoms with van der Waals surface area (Å²) in [4.78, 5) is 28.7. The van der Waals surface area contributed by atoms with E-state index in [1.807, 2.05) is 42.5 Å². The van der Waals surface area contributed by atoms with Crippen molar-refractivity contribution in [3.8, 4) is 11.5 Å². The van der Waals surface area contributed by atoms with Gasteiger partial charge in [-0.15, -0.1) is 0 Å². The number of carbonyl (C=O) groups excluding carboxylic acids is 2. The van der Waals surface area contributed by atoms with Crippen molar-refractivity contribution in [2.24, 2.45) is 0 Å². The number of phenolic OH excluding ortho intramolecular Hbond substituents is 2. The second-order valence-electron chi connectivity index (χ2n) is 17.4. The number of ether oxygens (including phenoxy) is 2. The van der Waals surface area contributed by atoms with E-state index in [4.69, 9.17) is 9.47 Å². The maximum atomic E-state index is 14.4. The molecular formula is C54H82O6. The molecule has 0 aliphatic carbocycles. The van der Waals surface area contributed by atoms with Gasteiger partial charge in [0.05, 0.1) is 5.41 Å². The third-order valence-electron chi connectivity index (χ3n) is 12.4. The first-order valence-electron chi connectivity index (χ1n) is 24.4. The molecule has 0 atom stereocenters. The van der Waals surface area contributed by atoms with E-state index in [0.717, 1.165) is 55.2 Å². The van der Waals surface area contributed by atoms with E-state index in [0.29, 0.717) is 25.7 Å². The van der Waals surface area contributed by atoms with Gasteiger partial charge in [-0.05, 0) is 66.6 Å². The first-order chi connectivity index (χ1) is 29.3. The van der Waals surface area contributed by atoms with Crippen molar-refractivity contribution >= 4 is 11.9 Å². The van der Waals surface area contributed by atoms with E-state index in [-0.39, 0.29) is 42.7 Å². The molecule has 3 rings (SSSR count). The number of hydrogen-bond donors (Lipinski definition) is 2. The number of carbonyl (C=O) groups is 2. The largest absolute Gasteiger partial charge is 0.508 e. The molecule has 0 fully saturated rings. The molecular weight excluding hydrogens is 745 g/mol. The summed E-state index contributed by atoms with van der Waals surface area (Å²) in [6, 6.07) is 24.2. The fourth-order valence-corrected chi connectivity index (χ4v) is 8.82. The summed E-state index contributed by atoms with van der Waals surface area (Å²) in [5, 5.41) is 21.0. The Bertz CT molecular complexity index is 1450. The molecule has 0 unspecified atom stereocenters. The van der Waals surface area contributed by atoms with Crippen LogP contribution in [0.3, 0.4) is 0 Å². The van der Waals surface area contributed by atoms with E-state index >= 15 is 0 Å². The van der Waals surface area contributed by atoms with Crippen LogP contribution in [0, 0.1) is 0 Å². The second kappa shape index (κ2) is 30.3. The Morgan fingerprint density at radius 1 is 0.433 bits per heavy atom. The third-order valence-corrected chi connectivity index (χ3v) is 12.4. The SMILES string of the molecule is CCCCCCCCCCCCCC(=O)OC(CCc1ccccc1)(OC(=O)CCCCCCCCCCCCC)C(CCCC)(c1ccc(O)cc1)c1ccc(O)cc1. The lowest BCUT2D eigenvalue weighted by Crippen LogP contribution is -2.58. The van der Waals surface area contributed by atoms with E-state index in [9.17, 15) is 19.8 Å². The zero-order chi connectivity index (χ0) is 43.2. The Kier molecular flexibility index (Phi) is 25.5. The number of aryl methyl sites for hydroxylation is 1. The van der Waals surface area contributed by atoms with Crippen LogP contribution in [0.2, 0.25) is 0 Å². The van der Waals surface area contributed by atoms with Crippen molar-refractivity contribution < 1.29 is 29.3 Å². The van der Waals surface area contributed by atoms with Crippen LogP contribution in [0.1, 0.15) is 217 Å². The second-order valence-corrected chi connectivity index (χ2v) is 17.4. The predicted molar refractivity (Wildman–Crippen MR) is 248 cm³/mol. The van der Waals surface area contributed by atoms with Crippen LogP contribution >= 0.6 is 0 Å². The van der Waals surface area contributed by atoms with Crippen LogP contribution in [-0.2, 0) is 30.9 Å². The summed E-state index contributed by atoms with van der Waals surface area (Å²) in [7, 11) is 0. The van der Waals surface area contributed by atoms with Crippen LogP contribution < -0.4 is 0 Å². The molecule has 0 bridgehead atoms. The number of unbranched alkanes of at least 4 members (excludes halogenated alkanes) is 21. The Labute approximate surface area is 365 Å². The van der Waals surface area contributed by atoms with Gasteiger partial charge >= 0.3 is 11.9 Å². The molecule has 0 radical (unpaired) electrons. The normalized spacial score (nSPS) is 11.8.